The first-order valence-corrected chi connectivity index (χ1v) is 4.65. The molecule has 0 radical (unpaired) electrons. The van der Waals surface area contributed by atoms with Gasteiger partial charge in [-0.25, -0.2) is 0 Å². The number of carbonyl (C=O) groups excluding carboxylic acids is 1. The Morgan fingerprint density at radius 3 is 1.57 bits per heavy atom. The fourth-order valence-corrected chi connectivity index (χ4v) is 0.737. The van der Waals surface area contributed by atoms with E-state index in [9.17, 15) is 0 Å². The van der Waals surface area contributed by atoms with Crippen LogP contribution in [-0.2, 0) is 49.5 Å². The molecule has 0 fully saturated rings. The van der Waals surface area contributed by atoms with Crippen molar-refractivity contribution < 1.29 is 24.3 Å². The van der Waals surface area contributed by atoms with Gasteiger partial charge in [-0.3, -0.25) is 0 Å². The van der Waals surface area contributed by atoms with Gasteiger partial charge in [0.15, 0.2) is 0 Å². The van der Waals surface area contributed by atoms with E-state index < -0.39 is 0 Å². The van der Waals surface area contributed by atoms with Crippen LogP contribution < -0.4 is 16.4 Å². The van der Waals surface area contributed by atoms with Gasteiger partial charge in [0.1, 0.15) is 0 Å². The second kappa shape index (κ2) is 15.8. The van der Waals surface area contributed by atoms with Crippen molar-refractivity contribution >= 4 is 64.7 Å². The zero-order chi connectivity index (χ0) is 10.7. The van der Waals surface area contributed by atoms with E-state index in [-0.39, 0.29) is 19.5 Å². The maximum Gasteiger partial charge on any atom is 2.00 e. The van der Waals surface area contributed by atoms with Crippen LogP contribution in [0.2, 0.25) is 0 Å². The smallest absolute Gasteiger partial charge is 0.543 e. The Kier molecular flexibility index (Phi) is 22.3. The average molecular weight is 320 g/mol. The van der Waals surface area contributed by atoms with Crippen molar-refractivity contribution in [2.75, 3.05) is 13.1 Å². The zero-order valence-electron chi connectivity index (χ0n) is 7.24. The molecule has 0 aliphatic heterocycles. The predicted molar refractivity (Wildman–Crippen MR) is 65.8 cm³/mol. The van der Waals surface area contributed by atoms with Crippen LogP contribution in [0.4, 0.5) is 0 Å². The fourth-order valence-electron chi connectivity index (χ4n) is 0.329. The van der Waals surface area contributed by atoms with E-state index in [1.165, 1.54) is 0 Å². The summed E-state index contributed by atoms with van der Waals surface area (Å²) < 4.78 is 0.745. The Morgan fingerprint density at radius 1 is 1.21 bits per heavy atom. The maximum absolute atomic E-state index is 8.46. The number of hydrogen-bond acceptors (Lipinski definition) is 5. The molecule has 1 amide bonds. The molecule has 0 spiro atoms. The number of nitrogens with one attached hydrogen (secondary N) is 2. The molecule has 0 saturated carbocycles. The molecule has 0 aromatic heterocycles. The summed E-state index contributed by atoms with van der Waals surface area (Å²) in [6, 6.07) is 0. The van der Waals surface area contributed by atoms with E-state index in [2.05, 4.69) is 66.1 Å². The van der Waals surface area contributed by atoms with Crippen molar-refractivity contribution in [2.45, 2.75) is 0 Å². The number of amides is 1. The number of thiocarbonyl (C=S) groups is 2. The van der Waals surface area contributed by atoms with Gasteiger partial charge in [0.25, 0.3) is 0 Å². The Balaban J connectivity index is -0.000000267. The van der Waals surface area contributed by atoms with Gasteiger partial charge in [-0.1, -0.05) is 8.64 Å². The molecule has 4 nitrogen and oxygen atoms in total. The first-order chi connectivity index (χ1) is 6.04. The minimum atomic E-state index is 0. The van der Waals surface area contributed by atoms with E-state index in [1.807, 2.05) is 0 Å². The molecule has 0 saturated heterocycles. The minimum Gasteiger partial charge on any atom is -0.543 e. The Labute approximate surface area is 118 Å². The van der Waals surface area contributed by atoms with Gasteiger partial charge < -0.3 is 70.9 Å². The monoisotopic (exact) mass is 318 g/mol. The molecule has 0 aliphatic carbocycles. The number of hydrogen-bond donors (Lipinski definition) is 3. The summed E-state index contributed by atoms with van der Waals surface area (Å²) in [5.74, 6) is 0. The Hall–Kier alpha value is 0.313. The first kappa shape index (κ1) is 19.8. The molecule has 9 heteroatoms. The molecule has 0 aromatic rings. The largest absolute Gasteiger partial charge is 2.00 e. The van der Waals surface area contributed by atoms with Crippen molar-refractivity contribution in [1.82, 2.24) is 10.6 Å². The Morgan fingerprint density at radius 2 is 1.43 bits per heavy atom. The normalized spacial score (nSPS) is 6.86. The SMILES string of the molecule is N[C-]=O.S=C([S-])NCCNC(=S)[S-].[Zn+2]. The molecule has 0 aliphatic rings. The van der Waals surface area contributed by atoms with Crippen LogP contribution in [0.1, 0.15) is 0 Å². The van der Waals surface area contributed by atoms with Gasteiger partial charge in [-0.05, 0) is 0 Å². The quantitative estimate of drug-likeness (QED) is 0.151. The van der Waals surface area contributed by atoms with Crippen LogP contribution >= 0.6 is 24.4 Å². The zero-order valence-corrected chi connectivity index (χ0v) is 13.5. The van der Waals surface area contributed by atoms with Gasteiger partial charge in [0, 0.05) is 13.1 Å². The van der Waals surface area contributed by atoms with Crippen molar-refractivity contribution in [3.63, 3.8) is 0 Å². The number of primary amides is 1. The molecule has 0 aromatic carbocycles. The van der Waals surface area contributed by atoms with E-state index >= 15 is 0 Å². The third-order valence-corrected chi connectivity index (χ3v) is 1.24. The van der Waals surface area contributed by atoms with Gasteiger partial charge in [0.2, 0.25) is 0 Å². The summed E-state index contributed by atoms with van der Waals surface area (Å²) in [6.45, 7) is 1.33. The van der Waals surface area contributed by atoms with Crippen molar-refractivity contribution in [1.29, 1.82) is 0 Å². The second-order valence-corrected chi connectivity index (χ2v) is 3.70. The topological polar surface area (TPSA) is 67.2 Å². The summed E-state index contributed by atoms with van der Waals surface area (Å²) >= 11 is 18.4. The van der Waals surface area contributed by atoms with Crippen LogP contribution in [0.3, 0.4) is 0 Å². The number of nitrogens with two attached hydrogens (primary N) is 1. The number of rotatable bonds is 3. The molecule has 0 atom stereocenters. The van der Waals surface area contributed by atoms with Crippen LogP contribution in [0.25, 0.3) is 0 Å². The summed E-state index contributed by atoms with van der Waals surface area (Å²) in [6.07, 6.45) is 1.00. The molecule has 0 bridgehead atoms. The van der Waals surface area contributed by atoms with Crippen LogP contribution in [0.15, 0.2) is 0 Å². The summed E-state index contributed by atoms with van der Waals surface area (Å²) in [4.78, 5) is 8.46. The van der Waals surface area contributed by atoms with Gasteiger partial charge in [0.05, 0.1) is 0 Å². The standard InChI is InChI=1S/C4H8N2S4.CH2NO.Zn/c7-3(8)5-1-2-6-4(9)10;2-1-3;/h1-2H2,(H2,5,7,8)(H2,6,9,10);(H2,2,3);/q;-1;+2/p-2. The third-order valence-electron chi connectivity index (χ3n) is 0.664. The van der Waals surface area contributed by atoms with Crippen LogP contribution in [0, 0.1) is 0 Å². The molecule has 4 N–H and O–H groups in total. The summed E-state index contributed by atoms with van der Waals surface area (Å²) in [7, 11) is 0. The van der Waals surface area contributed by atoms with Crippen LogP contribution in [-0.4, -0.2) is 28.1 Å². The van der Waals surface area contributed by atoms with Gasteiger partial charge in [-0.15, -0.1) is 0 Å². The van der Waals surface area contributed by atoms with Gasteiger partial charge >= 0.3 is 19.5 Å². The molecular formula is C5H8N3OS4Zn-. The predicted octanol–water partition coefficient (Wildman–Crippen LogP) is -1.16. The maximum atomic E-state index is 8.46. The van der Waals surface area contributed by atoms with Crippen molar-refractivity contribution in [3.8, 4) is 0 Å². The van der Waals surface area contributed by atoms with E-state index in [1.54, 1.807) is 0 Å². The molecule has 0 heterocycles. The average Bonchev–Trinajstić information content (AvgIpc) is 1.99. The van der Waals surface area contributed by atoms with Crippen molar-refractivity contribution in [3.05, 3.63) is 0 Å². The van der Waals surface area contributed by atoms with Crippen LogP contribution in [0.5, 0.6) is 0 Å². The van der Waals surface area contributed by atoms with Gasteiger partial charge in [-0.2, -0.15) is 6.41 Å². The van der Waals surface area contributed by atoms with Crippen molar-refractivity contribution in [2.24, 2.45) is 5.73 Å². The fraction of sp³-hybridized carbons (Fsp3) is 0.400. The van der Waals surface area contributed by atoms with E-state index in [0.717, 1.165) is 6.41 Å². The first-order valence-electron chi connectivity index (χ1n) is 3.02. The summed E-state index contributed by atoms with van der Waals surface area (Å²) in [5.41, 5.74) is 4.04. The second-order valence-electron chi connectivity index (χ2n) is 1.55. The molecule has 0 rings (SSSR count). The molecular weight excluding hydrogens is 312 g/mol. The van der Waals surface area contributed by atoms with E-state index in [4.69, 9.17) is 4.79 Å². The molecule has 14 heavy (non-hydrogen) atoms. The minimum absolute atomic E-state index is 0. The third kappa shape index (κ3) is 29.5. The Bertz CT molecular complexity index is 164. The van der Waals surface area contributed by atoms with E-state index in [0.29, 0.717) is 21.7 Å². The molecule has 0 unspecified atom stereocenters. The molecule has 76 valence electrons. The summed E-state index contributed by atoms with van der Waals surface area (Å²) in [5, 5.41) is 5.56.